The van der Waals surface area contributed by atoms with Gasteiger partial charge in [-0.3, -0.25) is 0 Å². The summed E-state index contributed by atoms with van der Waals surface area (Å²) in [7, 11) is 0. The second-order valence-electron chi connectivity index (χ2n) is 33.0. The van der Waals surface area contributed by atoms with Crippen LogP contribution in [0, 0.1) is 272 Å². The van der Waals surface area contributed by atoms with E-state index in [9.17, 15) is 0 Å². The lowest BCUT2D eigenvalue weighted by molar-refractivity contribution is -0.543. The molecule has 20 aliphatic carbocycles. The lowest BCUT2D eigenvalue weighted by Crippen LogP contribution is -2.98. The molecule has 0 radical (unpaired) electrons. The molecule has 66 heavy (non-hydrogen) atoms. The Morgan fingerprint density at radius 1 is 0.273 bits per heavy atom. The second-order valence-corrected chi connectivity index (χ2v) is 33.0. The Balaban J connectivity index is 0.495. The fourth-order valence-electron chi connectivity index (χ4n) is 32.8. The Bertz CT molecular complexity index is 2160. The van der Waals surface area contributed by atoms with Gasteiger partial charge in [0.15, 0.2) is 0 Å². The Morgan fingerprint density at radius 2 is 0.545 bits per heavy atom. The van der Waals surface area contributed by atoms with E-state index < -0.39 is 0 Å². The summed E-state index contributed by atoms with van der Waals surface area (Å²) in [6.45, 7) is 20.8. The van der Waals surface area contributed by atoms with Crippen LogP contribution in [0.25, 0.3) is 0 Å². The van der Waals surface area contributed by atoms with Gasteiger partial charge in [0, 0.05) is 0 Å². The number of rotatable bonds is 11. The van der Waals surface area contributed by atoms with Crippen LogP contribution in [0.4, 0.5) is 0 Å². The highest BCUT2D eigenvalue weighted by molar-refractivity contribution is 5.45. The van der Waals surface area contributed by atoms with Gasteiger partial charge in [0.05, 0.1) is 0 Å². The van der Waals surface area contributed by atoms with Gasteiger partial charge >= 0.3 is 0 Å². The van der Waals surface area contributed by atoms with Crippen molar-refractivity contribution >= 4 is 0 Å². The molecule has 0 heteroatoms. The lowest BCUT2D eigenvalue weighted by Gasteiger charge is -3.01. The molecule has 0 N–H and O–H groups in total. The fraction of sp³-hybridized carbons (Fsp3) is 1.00. The first-order valence-electron chi connectivity index (χ1n) is 32.3. The maximum atomic E-state index is 2.74. The molecule has 20 rings (SSSR count). The van der Waals surface area contributed by atoms with Crippen molar-refractivity contribution in [2.24, 2.45) is 272 Å². The van der Waals surface area contributed by atoms with E-state index >= 15 is 0 Å². The predicted molar refractivity (Wildman–Crippen MR) is 261 cm³/mol. The Labute approximate surface area is 402 Å². The highest BCUT2D eigenvalue weighted by Crippen LogP contribution is 3.01. The fourth-order valence-corrected chi connectivity index (χ4v) is 32.8. The molecule has 0 spiro atoms. The molecule has 0 aliphatic heterocycles. The molecule has 0 aromatic heterocycles. The van der Waals surface area contributed by atoms with Crippen LogP contribution >= 0.6 is 0 Å². The zero-order valence-electron chi connectivity index (χ0n) is 43.0. The largest absolute Gasteiger partial charge is 0.0651 e. The molecular weight excluding hydrogens is 793 g/mol. The highest BCUT2D eigenvalue weighted by Gasteiger charge is 2.98. The van der Waals surface area contributed by atoms with Crippen LogP contribution < -0.4 is 0 Å². The quantitative estimate of drug-likeness (QED) is 0.181. The van der Waals surface area contributed by atoms with E-state index in [0.717, 1.165) is 47.3 Å². The zero-order chi connectivity index (χ0) is 43.0. The summed E-state index contributed by atoms with van der Waals surface area (Å²) in [6.07, 6.45) is 18.9. The van der Waals surface area contributed by atoms with Crippen molar-refractivity contribution in [2.45, 2.75) is 132 Å². The van der Waals surface area contributed by atoms with Crippen LogP contribution in [0.15, 0.2) is 0 Å². The van der Waals surface area contributed by atoms with Gasteiger partial charge < -0.3 is 0 Å². The molecule has 0 aromatic carbocycles. The van der Waals surface area contributed by atoms with Crippen molar-refractivity contribution in [1.29, 1.82) is 0 Å². The van der Waals surface area contributed by atoms with E-state index in [1.165, 1.54) is 238 Å². The highest BCUT2D eigenvalue weighted by atomic mass is 15.0. The minimum absolute atomic E-state index is 0.848. The standard InChI is InChI=1S/C66H94/c1-9-21(3)22(4)23(5)24(6)25(7)26(8)29(10-2)30-20-31-34(30)38-35(31)39-42(38)46-43(39)47-50(46)54-51(47)55-58(54)62-59(55)63-64-60-56-52-48-44-40-36-32(27-16-12-11-13-17-27)33(28-18-14-15-19-28)37(36)41(40)45(44)49(48)53(52)57(56)61(60)65(64)66(62)63/h21-66H,9-20H2,1-8H3. The Kier molecular flexibility index (Phi) is 6.92. The van der Waals surface area contributed by atoms with E-state index in [4.69, 9.17) is 0 Å². The van der Waals surface area contributed by atoms with E-state index in [1.54, 1.807) is 64.2 Å². The summed E-state index contributed by atoms with van der Waals surface area (Å²) in [5.74, 6) is 55.6. The van der Waals surface area contributed by atoms with Crippen LogP contribution in [-0.4, -0.2) is 0 Å². The third kappa shape index (κ3) is 3.46. The maximum Gasteiger partial charge on any atom is -0.0312 e. The van der Waals surface area contributed by atoms with Gasteiger partial charge in [0.25, 0.3) is 0 Å². The number of hydrogen-bond donors (Lipinski definition) is 0. The lowest BCUT2D eigenvalue weighted by atomic mass is 9.04. The molecule has 0 amide bonds. The van der Waals surface area contributed by atoms with Crippen molar-refractivity contribution in [3.63, 3.8) is 0 Å². The molecule has 0 saturated heterocycles. The van der Waals surface area contributed by atoms with Gasteiger partial charge in [-0.1, -0.05) is 126 Å². The summed E-state index contributed by atoms with van der Waals surface area (Å²) >= 11 is 0. The Morgan fingerprint density at radius 3 is 0.879 bits per heavy atom. The molecule has 44 atom stereocenters. The van der Waals surface area contributed by atoms with Crippen LogP contribution in [0.3, 0.4) is 0 Å². The molecule has 20 aliphatic rings. The van der Waals surface area contributed by atoms with Crippen molar-refractivity contribution in [3.8, 4) is 0 Å². The summed E-state index contributed by atoms with van der Waals surface area (Å²) in [5.41, 5.74) is 0. The first-order valence-corrected chi connectivity index (χ1v) is 32.3. The normalized spacial score (nSPS) is 72.3. The minimum Gasteiger partial charge on any atom is -0.0651 e. The van der Waals surface area contributed by atoms with Crippen LogP contribution in [0.5, 0.6) is 0 Å². The Hall–Kier alpha value is 0. The molecule has 44 unspecified atom stereocenters. The SMILES string of the molecule is CCC(C)C(C)C(C)C(C)C(C)C(C)C(CC)C1CC2C1C1C2C2C1C1C2C2C1C1C2C2C1C1C2C2C1C1C3C4C5C6C7C8C9C(C%10CCCC%10)C(C%10CCCCC%10)C9C8C7C6C5C4C3C21. The molecule has 0 bridgehead atoms. The zero-order valence-corrected chi connectivity index (χ0v) is 43.0. The van der Waals surface area contributed by atoms with E-state index in [-0.39, 0.29) is 0 Å². The van der Waals surface area contributed by atoms with E-state index in [0.29, 0.717) is 0 Å². The molecule has 20 saturated carbocycles. The van der Waals surface area contributed by atoms with Crippen LogP contribution in [-0.2, 0) is 0 Å². The summed E-state index contributed by atoms with van der Waals surface area (Å²) in [6, 6.07) is 0. The molecule has 0 heterocycles. The average molecular weight is 887 g/mol. The number of hydrogen-bond acceptors (Lipinski definition) is 0. The third-order valence-electron chi connectivity index (χ3n) is 34.9. The van der Waals surface area contributed by atoms with E-state index in [2.05, 4.69) is 55.4 Å². The third-order valence-corrected chi connectivity index (χ3v) is 34.9. The van der Waals surface area contributed by atoms with Crippen LogP contribution in [0.2, 0.25) is 0 Å². The molecular formula is C66H94. The van der Waals surface area contributed by atoms with Crippen molar-refractivity contribution < 1.29 is 0 Å². The van der Waals surface area contributed by atoms with Gasteiger partial charge in [0.2, 0.25) is 0 Å². The van der Waals surface area contributed by atoms with Gasteiger partial charge in [-0.2, -0.15) is 0 Å². The monoisotopic (exact) mass is 887 g/mol. The summed E-state index contributed by atoms with van der Waals surface area (Å²) < 4.78 is 0. The van der Waals surface area contributed by atoms with Gasteiger partial charge in [-0.15, -0.1) is 0 Å². The predicted octanol–water partition coefficient (Wildman–Crippen LogP) is 14.4. The molecule has 20 fully saturated rings. The van der Waals surface area contributed by atoms with Crippen molar-refractivity contribution in [1.82, 2.24) is 0 Å². The smallest absolute Gasteiger partial charge is 0.0312 e. The van der Waals surface area contributed by atoms with Crippen molar-refractivity contribution in [3.05, 3.63) is 0 Å². The van der Waals surface area contributed by atoms with E-state index in [1.807, 2.05) is 0 Å². The maximum absolute atomic E-state index is 2.74. The van der Waals surface area contributed by atoms with Crippen LogP contribution in [0.1, 0.15) is 132 Å². The minimum atomic E-state index is 0.848. The van der Waals surface area contributed by atoms with Crippen molar-refractivity contribution in [2.75, 3.05) is 0 Å². The summed E-state index contributed by atoms with van der Waals surface area (Å²) in [5, 5.41) is 0. The van der Waals surface area contributed by atoms with Gasteiger partial charge in [-0.05, 0) is 279 Å². The summed E-state index contributed by atoms with van der Waals surface area (Å²) in [4.78, 5) is 0. The topological polar surface area (TPSA) is 0 Å². The molecule has 358 valence electrons. The van der Waals surface area contributed by atoms with Gasteiger partial charge in [0.1, 0.15) is 0 Å². The first-order chi connectivity index (χ1) is 32.3. The second kappa shape index (κ2) is 11.8. The molecule has 0 nitrogen and oxygen atoms in total. The average Bonchev–Trinajstić information content (AvgIpc) is 3.82. The van der Waals surface area contributed by atoms with Gasteiger partial charge in [-0.25, -0.2) is 0 Å². The molecule has 0 aromatic rings. The number of fused-ring (bicyclic) bond motifs is 49. The first kappa shape index (κ1) is 38.6.